The number of aromatic amines is 1. The molecule has 2 heterocycles. The van der Waals surface area contributed by atoms with Crippen molar-refractivity contribution in [3.05, 3.63) is 41.7 Å². The third kappa shape index (κ3) is 3.90. The van der Waals surface area contributed by atoms with Crippen molar-refractivity contribution in [3.63, 3.8) is 0 Å². The van der Waals surface area contributed by atoms with Crippen LogP contribution in [0, 0.1) is 6.92 Å². The maximum absolute atomic E-state index is 12.6. The van der Waals surface area contributed by atoms with E-state index in [2.05, 4.69) is 10.3 Å². The summed E-state index contributed by atoms with van der Waals surface area (Å²) in [5.74, 6) is 1.46. The van der Waals surface area contributed by atoms with E-state index in [0.29, 0.717) is 23.7 Å². The number of carbonyl (C=O) groups excluding carboxylic acids is 1. The molecule has 1 aliphatic heterocycles. The number of H-pyrrole nitrogens is 1. The maximum Gasteiger partial charge on any atom is 0.270 e. The van der Waals surface area contributed by atoms with E-state index in [0.717, 1.165) is 30.6 Å². The normalized spacial score (nSPS) is 17.2. The van der Waals surface area contributed by atoms with Gasteiger partial charge in [0.05, 0.1) is 14.2 Å². The van der Waals surface area contributed by atoms with Crippen molar-refractivity contribution in [2.45, 2.75) is 25.8 Å². The molecule has 1 fully saturated rings. The Morgan fingerprint density at radius 2 is 2.04 bits per heavy atom. The van der Waals surface area contributed by atoms with Gasteiger partial charge >= 0.3 is 0 Å². The number of hydrogen-bond acceptors (Lipinski definition) is 4. The molecule has 6 nitrogen and oxygen atoms in total. The van der Waals surface area contributed by atoms with Gasteiger partial charge in [-0.3, -0.25) is 4.79 Å². The first-order valence-corrected chi connectivity index (χ1v) is 8.53. The number of ether oxygens (including phenoxy) is 2. The molecule has 1 unspecified atom stereocenters. The molecule has 1 aromatic carbocycles. The lowest BCUT2D eigenvalue weighted by Gasteiger charge is -2.33. The molecule has 0 saturated carbocycles. The van der Waals surface area contributed by atoms with E-state index in [1.807, 2.05) is 42.3 Å². The van der Waals surface area contributed by atoms with Crippen molar-refractivity contribution in [1.29, 1.82) is 0 Å². The Morgan fingerprint density at radius 3 is 2.72 bits per heavy atom. The molecule has 25 heavy (non-hydrogen) atoms. The first-order chi connectivity index (χ1) is 12.1. The summed E-state index contributed by atoms with van der Waals surface area (Å²) in [6, 6.07) is 7.89. The molecule has 2 aromatic rings. The Balaban J connectivity index is 1.66. The second-order valence-electron chi connectivity index (χ2n) is 6.40. The highest BCUT2D eigenvalue weighted by Gasteiger charge is 2.25. The number of aryl methyl sites for hydroxylation is 1. The molecule has 134 valence electrons. The van der Waals surface area contributed by atoms with Gasteiger partial charge in [0.15, 0.2) is 11.5 Å². The van der Waals surface area contributed by atoms with E-state index in [1.54, 1.807) is 14.2 Å². The number of hydrogen-bond donors (Lipinski definition) is 2. The van der Waals surface area contributed by atoms with Crippen LogP contribution in [0.1, 0.15) is 28.9 Å². The number of rotatable bonds is 5. The minimum atomic E-state index is 0.0620. The predicted molar refractivity (Wildman–Crippen MR) is 97.6 cm³/mol. The summed E-state index contributed by atoms with van der Waals surface area (Å²) < 4.78 is 10.6. The number of methoxy groups -OCH3 is 2. The number of likely N-dealkylation sites (tertiary alicyclic amines) is 1. The van der Waals surface area contributed by atoms with Gasteiger partial charge in [-0.15, -0.1) is 0 Å². The highest BCUT2D eigenvalue weighted by Crippen LogP contribution is 2.30. The third-order valence-corrected chi connectivity index (χ3v) is 4.52. The number of aromatic nitrogens is 1. The van der Waals surface area contributed by atoms with E-state index in [9.17, 15) is 4.79 Å². The fourth-order valence-corrected chi connectivity index (χ4v) is 3.24. The van der Waals surface area contributed by atoms with E-state index in [4.69, 9.17) is 9.47 Å². The van der Waals surface area contributed by atoms with Gasteiger partial charge in [-0.25, -0.2) is 0 Å². The molecule has 0 spiro atoms. The number of piperidine rings is 1. The lowest BCUT2D eigenvalue weighted by Crippen LogP contribution is -2.45. The summed E-state index contributed by atoms with van der Waals surface area (Å²) in [6.45, 7) is 3.46. The van der Waals surface area contributed by atoms with Gasteiger partial charge in [0, 0.05) is 37.1 Å². The third-order valence-electron chi connectivity index (χ3n) is 4.52. The van der Waals surface area contributed by atoms with Gasteiger partial charge in [0.2, 0.25) is 0 Å². The zero-order valence-electron chi connectivity index (χ0n) is 15.0. The first-order valence-electron chi connectivity index (χ1n) is 8.53. The highest BCUT2D eigenvalue weighted by atomic mass is 16.5. The van der Waals surface area contributed by atoms with Crippen LogP contribution in [0.5, 0.6) is 11.5 Å². The van der Waals surface area contributed by atoms with Crippen molar-refractivity contribution in [2.75, 3.05) is 32.6 Å². The highest BCUT2D eigenvalue weighted by molar-refractivity contribution is 5.92. The summed E-state index contributed by atoms with van der Waals surface area (Å²) in [5, 5.41) is 3.51. The number of amides is 1. The average molecular weight is 343 g/mol. The van der Waals surface area contributed by atoms with Crippen LogP contribution in [0.25, 0.3) is 0 Å². The monoisotopic (exact) mass is 343 g/mol. The van der Waals surface area contributed by atoms with Crippen LogP contribution in [0.15, 0.2) is 30.5 Å². The molecule has 3 rings (SSSR count). The van der Waals surface area contributed by atoms with Gasteiger partial charge in [-0.2, -0.15) is 0 Å². The molecule has 1 aliphatic rings. The molecule has 0 aliphatic carbocycles. The van der Waals surface area contributed by atoms with E-state index in [-0.39, 0.29) is 11.9 Å². The molecule has 6 heteroatoms. The Bertz CT molecular complexity index is 741. The van der Waals surface area contributed by atoms with E-state index < -0.39 is 0 Å². The summed E-state index contributed by atoms with van der Waals surface area (Å²) in [4.78, 5) is 17.6. The minimum Gasteiger partial charge on any atom is -0.493 e. The maximum atomic E-state index is 12.6. The SMILES string of the molecule is COc1ccc(NC2CCCN(C(=O)c3cc(C)c[nH]3)C2)cc1OC. The van der Waals surface area contributed by atoms with Gasteiger partial charge < -0.3 is 24.7 Å². The van der Waals surface area contributed by atoms with E-state index in [1.165, 1.54) is 0 Å². The molecule has 0 radical (unpaired) electrons. The van der Waals surface area contributed by atoms with Crippen molar-refractivity contribution >= 4 is 11.6 Å². The van der Waals surface area contributed by atoms with Crippen molar-refractivity contribution in [2.24, 2.45) is 0 Å². The van der Waals surface area contributed by atoms with Crippen LogP contribution in [-0.4, -0.2) is 49.1 Å². The first kappa shape index (κ1) is 17.2. The standard InChI is InChI=1S/C19H25N3O3/c1-13-9-16(20-11-13)19(23)22-8-4-5-15(12-22)21-14-6-7-17(24-2)18(10-14)25-3/h6-7,9-11,15,20-21H,4-5,8,12H2,1-3H3. The zero-order valence-corrected chi connectivity index (χ0v) is 15.0. The molecule has 1 atom stereocenters. The fraction of sp³-hybridized carbons (Fsp3) is 0.421. The van der Waals surface area contributed by atoms with Crippen LogP contribution in [0.3, 0.4) is 0 Å². The van der Waals surface area contributed by atoms with Gasteiger partial charge in [-0.1, -0.05) is 0 Å². The zero-order chi connectivity index (χ0) is 17.8. The van der Waals surface area contributed by atoms with Crippen LogP contribution < -0.4 is 14.8 Å². The van der Waals surface area contributed by atoms with Crippen LogP contribution in [-0.2, 0) is 0 Å². The Labute approximate surface area is 148 Å². The number of nitrogens with one attached hydrogen (secondary N) is 2. The summed E-state index contributed by atoms with van der Waals surface area (Å²) in [6.07, 6.45) is 3.87. The molecule has 1 aromatic heterocycles. The van der Waals surface area contributed by atoms with Crippen LogP contribution >= 0.6 is 0 Å². The number of anilines is 1. The van der Waals surface area contributed by atoms with Crippen molar-refractivity contribution in [3.8, 4) is 11.5 Å². The fourth-order valence-electron chi connectivity index (χ4n) is 3.24. The Hall–Kier alpha value is -2.63. The largest absolute Gasteiger partial charge is 0.493 e. The van der Waals surface area contributed by atoms with Gasteiger partial charge in [0.25, 0.3) is 5.91 Å². The van der Waals surface area contributed by atoms with Crippen LogP contribution in [0.2, 0.25) is 0 Å². The van der Waals surface area contributed by atoms with Gasteiger partial charge in [-0.05, 0) is 43.5 Å². The average Bonchev–Trinajstić information content (AvgIpc) is 3.07. The molecule has 0 bridgehead atoms. The number of nitrogens with zero attached hydrogens (tertiary/aromatic N) is 1. The number of carbonyl (C=O) groups is 1. The second kappa shape index (κ2) is 7.51. The quantitative estimate of drug-likeness (QED) is 0.876. The van der Waals surface area contributed by atoms with Crippen molar-refractivity contribution in [1.82, 2.24) is 9.88 Å². The van der Waals surface area contributed by atoms with Crippen molar-refractivity contribution < 1.29 is 14.3 Å². The lowest BCUT2D eigenvalue weighted by molar-refractivity contribution is 0.0709. The molecular formula is C19H25N3O3. The van der Waals surface area contributed by atoms with E-state index >= 15 is 0 Å². The number of benzene rings is 1. The Morgan fingerprint density at radius 1 is 1.24 bits per heavy atom. The minimum absolute atomic E-state index is 0.0620. The second-order valence-corrected chi connectivity index (χ2v) is 6.40. The lowest BCUT2D eigenvalue weighted by atomic mass is 10.0. The molecule has 2 N–H and O–H groups in total. The van der Waals surface area contributed by atoms with Gasteiger partial charge in [0.1, 0.15) is 5.69 Å². The summed E-state index contributed by atoms with van der Waals surface area (Å²) in [7, 11) is 3.25. The topological polar surface area (TPSA) is 66.6 Å². The smallest absolute Gasteiger partial charge is 0.270 e. The predicted octanol–water partition coefficient (Wildman–Crippen LogP) is 3.06. The molecular weight excluding hydrogens is 318 g/mol. The molecule has 1 amide bonds. The Kier molecular flexibility index (Phi) is 5.16. The van der Waals surface area contributed by atoms with Crippen LogP contribution in [0.4, 0.5) is 5.69 Å². The summed E-state index contributed by atoms with van der Waals surface area (Å²) >= 11 is 0. The molecule has 1 saturated heterocycles. The summed E-state index contributed by atoms with van der Waals surface area (Å²) in [5.41, 5.74) is 2.69.